The third-order valence-electron chi connectivity index (χ3n) is 3.05. The Hall–Kier alpha value is -1.85. The van der Waals surface area contributed by atoms with Gasteiger partial charge in [-0.2, -0.15) is 0 Å². The van der Waals surface area contributed by atoms with Crippen molar-refractivity contribution in [1.82, 2.24) is 9.55 Å². The second-order valence-electron chi connectivity index (χ2n) is 4.25. The first-order valence-corrected chi connectivity index (χ1v) is 6.63. The summed E-state index contributed by atoms with van der Waals surface area (Å²) in [5.41, 5.74) is 2.42. The Morgan fingerprint density at radius 3 is 2.75 bits per heavy atom. The van der Waals surface area contributed by atoms with Gasteiger partial charge < -0.3 is 9.72 Å². The molecule has 1 heterocycles. The average Bonchev–Trinajstić information content (AvgIpc) is 2.76. The predicted octanol–water partition coefficient (Wildman–Crippen LogP) is 4.49. The number of imidazole rings is 1. The van der Waals surface area contributed by atoms with E-state index in [9.17, 15) is 4.39 Å². The van der Waals surface area contributed by atoms with Crippen molar-refractivity contribution in [2.75, 3.05) is 7.11 Å². The fourth-order valence-electron chi connectivity index (χ4n) is 2.10. The number of hydrogen-bond acceptors (Lipinski definition) is 2. The van der Waals surface area contributed by atoms with Crippen molar-refractivity contribution >= 4 is 34.9 Å². The van der Waals surface area contributed by atoms with Crippen molar-refractivity contribution < 1.29 is 9.13 Å². The highest BCUT2D eigenvalue weighted by molar-refractivity contribution is 7.71. The zero-order valence-corrected chi connectivity index (χ0v) is 12.1. The van der Waals surface area contributed by atoms with Crippen LogP contribution >= 0.6 is 23.8 Å². The van der Waals surface area contributed by atoms with Crippen molar-refractivity contribution in [2.45, 2.75) is 0 Å². The summed E-state index contributed by atoms with van der Waals surface area (Å²) in [6, 6.07) is 10.1. The summed E-state index contributed by atoms with van der Waals surface area (Å²) in [7, 11) is 1.60. The van der Waals surface area contributed by atoms with E-state index in [0.717, 1.165) is 16.8 Å². The maximum atomic E-state index is 13.3. The summed E-state index contributed by atoms with van der Waals surface area (Å²) in [5.74, 6) is 0.279. The van der Waals surface area contributed by atoms with Crippen molar-refractivity contribution in [3.63, 3.8) is 0 Å². The highest BCUT2D eigenvalue weighted by Gasteiger charge is 2.09. The quantitative estimate of drug-likeness (QED) is 0.707. The normalized spacial score (nSPS) is 10.9. The topological polar surface area (TPSA) is 29.9 Å². The van der Waals surface area contributed by atoms with E-state index in [1.165, 1.54) is 6.07 Å². The first-order valence-electron chi connectivity index (χ1n) is 5.84. The van der Waals surface area contributed by atoms with Gasteiger partial charge in [0.1, 0.15) is 11.6 Å². The Morgan fingerprint density at radius 1 is 1.25 bits per heavy atom. The van der Waals surface area contributed by atoms with Crippen LogP contribution in [0.1, 0.15) is 0 Å². The second kappa shape index (κ2) is 4.92. The highest BCUT2D eigenvalue weighted by atomic mass is 35.5. The van der Waals surface area contributed by atoms with Gasteiger partial charge in [0.15, 0.2) is 4.77 Å². The molecule has 3 nitrogen and oxygen atoms in total. The Balaban J connectivity index is 2.27. The van der Waals surface area contributed by atoms with E-state index in [2.05, 4.69) is 4.98 Å². The van der Waals surface area contributed by atoms with Crippen molar-refractivity contribution in [3.05, 3.63) is 52.0 Å². The molecule has 3 aromatic rings. The Kier molecular flexibility index (Phi) is 3.23. The maximum absolute atomic E-state index is 13.3. The number of rotatable bonds is 2. The number of hydrogen-bond donors (Lipinski definition) is 1. The molecule has 0 bridgehead atoms. The van der Waals surface area contributed by atoms with E-state index in [1.54, 1.807) is 23.8 Å². The minimum atomic E-state index is -0.455. The van der Waals surface area contributed by atoms with Crippen LogP contribution in [0.2, 0.25) is 5.02 Å². The molecule has 2 aromatic carbocycles. The van der Waals surface area contributed by atoms with Gasteiger partial charge in [0.2, 0.25) is 0 Å². The monoisotopic (exact) mass is 308 g/mol. The van der Waals surface area contributed by atoms with Crippen LogP contribution in [0.5, 0.6) is 5.75 Å². The summed E-state index contributed by atoms with van der Waals surface area (Å²) < 4.78 is 20.8. The molecule has 0 saturated heterocycles. The molecule has 0 amide bonds. The van der Waals surface area contributed by atoms with Crippen molar-refractivity contribution in [1.29, 1.82) is 0 Å². The highest BCUT2D eigenvalue weighted by Crippen LogP contribution is 2.25. The molecule has 102 valence electrons. The molecule has 1 aromatic heterocycles. The number of aromatic nitrogens is 2. The summed E-state index contributed by atoms with van der Waals surface area (Å²) in [4.78, 5) is 3.10. The maximum Gasteiger partial charge on any atom is 0.182 e. The zero-order chi connectivity index (χ0) is 14.3. The molecule has 0 unspecified atom stereocenters. The van der Waals surface area contributed by atoms with E-state index in [4.69, 9.17) is 28.6 Å². The number of benzene rings is 2. The predicted molar refractivity (Wildman–Crippen MR) is 80.0 cm³/mol. The van der Waals surface area contributed by atoms with Crippen LogP contribution in [0.25, 0.3) is 16.7 Å². The van der Waals surface area contributed by atoms with Gasteiger partial charge in [0, 0.05) is 6.07 Å². The minimum absolute atomic E-state index is 0.0623. The number of fused-ring (bicyclic) bond motifs is 1. The smallest absolute Gasteiger partial charge is 0.182 e. The number of methoxy groups -OCH3 is 1. The molecular formula is C14H10ClFN2OS. The number of ether oxygens (including phenoxy) is 1. The van der Waals surface area contributed by atoms with Crippen LogP contribution in [0.4, 0.5) is 4.39 Å². The van der Waals surface area contributed by atoms with E-state index in [1.807, 2.05) is 18.2 Å². The van der Waals surface area contributed by atoms with Crippen LogP contribution in [0, 0.1) is 10.6 Å². The zero-order valence-electron chi connectivity index (χ0n) is 10.5. The minimum Gasteiger partial charge on any atom is -0.497 e. The van der Waals surface area contributed by atoms with Gasteiger partial charge in [-0.3, -0.25) is 4.57 Å². The van der Waals surface area contributed by atoms with Crippen LogP contribution in [-0.4, -0.2) is 16.7 Å². The van der Waals surface area contributed by atoms with Gasteiger partial charge in [0.05, 0.1) is 28.9 Å². The van der Waals surface area contributed by atoms with Crippen LogP contribution < -0.4 is 4.74 Å². The Bertz CT molecular complexity index is 856. The summed E-state index contributed by atoms with van der Waals surface area (Å²) in [5, 5.41) is 0.0623. The number of H-pyrrole nitrogens is 1. The number of aromatic amines is 1. The third kappa shape index (κ3) is 2.09. The van der Waals surface area contributed by atoms with Gasteiger partial charge >= 0.3 is 0 Å². The van der Waals surface area contributed by atoms with Gasteiger partial charge in [0.25, 0.3) is 0 Å². The third-order valence-corrected chi connectivity index (χ3v) is 3.62. The second-order valence-corrected chi connectivity index (χ2v) is 5.04. The van der Waals surface area contributed by atoms with Gasteiger partial charge in [-0.05, 0) is 42.5 Å². The molecular weight excluding hydrogens is 299 g/mol. The lowest BCUT2D eigenvalue weighted by Gasteiger charge is -2.06. The molecule has 0 saturated carbocycles. The number of nitrogens with zero attached hydrogens (tertiary/aromatic N) is 1. The lowest BCUT2D eigenvalue weighted by atomic mass is 10.2. The van der Waals surface area contributed by atoms with Crippen LogP contribution in [0.15, 0.2) is 36.4 Å². The molecule has 6 heteroatoms. The summed E-state index contributed by atoms with van der Waals surface area (Å²) in [6.45, 7) is 0. The molecule has 0 aliphatic rings. The molecule has 1 N–H and O–H groups in total. The molecule has 0 spiro atoms. The van der Waals surface area contributed by atoms with Crippen LogP contribution in [-0.2, 0) is 0 Å². The Labute approximate surface area is 124 Å². The number of halogens is 2. The van der Waals surface area contributed by atoms with Crippen molar-refractivity contribution in [2.24, 2.45) is 0 Å². The molecule has 0 aliphatic heterocycles. The summed E-state index contributed by atoms with van der Waals surface area (Å²) in [6.07, 6.45) is 0. The van der Waals surface area contributed by atoms with Gasteiger partial charge in [-0.1, -0.05) is 11.6 Å². The first-order chi connectivity index (χ1) is 9.60. The van der Waals surface area contributed by atoms with E-state index < -0.39 is 5.82 Å². The Morgan fingerprint density at radius 2 is 2.05 bits per heavy atom. The first kappa shape index (κ1) is 13.1. The molecule has 3 rings (SSSR count). The van der Waals surface area contributed by atoms with E-state index in [-0.39, 0.29) is 5.02 Å². The fraction of sp³-hybridized carbons (Fsp3) is 0.0714. The lowest BCUT2D eigenvalue weighted by molar-refractivity contribution is 0.415. The molecule has 0 fully saturated rings. The fourth-order valence-corrected chi connectivity index (χ4v) is 2.59. The molecule has 0 aliphatic carbocycles. The van der Waals surface area contributed by atoms with E-state index in [0.29, 0.717) is 10.5 Å². The SMILES string of the molecule is COc1ccc2c(c1)[nH]c(=S)n2-c1ccc(F)c(Cl)c1. The molecule has 0 atom stereocenters. The van der Waals surface area contributed by atoms with E-state index >= 15 is 0 Å². The van der Waals surface area contributed by atoms with Gasteiger partial charge in [-0.25, -0.2) is 4.39 Å². The number of nitrogens with one attached hydrogen (secondary N) is 1. The standard InChI is InChI=1S/C14H10ClFN2OS/c1-19-9-3-5-13-12(7-9)17-14(20)18(13)8-2-4-11(16)10(15)6-8/h2-7H,1H3,(H,17,20). The van der Waals surface area contributed by atoms with Crippen molar-refractivity contribution in [3.8, 4) is 11.4 Å². The largest absolute Gasteiger partial charge is 0.497 e. The average molecular weight is 309 g/mol. The molecule has 20 heavy (non-hydrogen) atoms. The summed E-state index contributed by atoms with van der Waals surface area (Å²) >= 11 is 11.1. The van der Waals surface area contributed by atoms with Gasteiger partial charge in [-0.15, -0.1) is 0 Å². The lowest BCUT2D eigenvalue weighted by Crippen LogP contribution is -1.94. The molecule has 0 radical (unpaired) electrons. The van der Waals surface area contributed by atoms with Crippen LogP contribution in [0.3, 0.4) is 0 Å².